The second-order valence-electron chi connectivity index (χ2n) is 3.12. The van der Waals surface area contributed by atoms with Gasteiger partial charge in [0.15, 0.2) is 0 Å². The quantitative estimate of drug-likeness (QED) is 0.643. The predicted molar refractivity (Wildman–Crippen MR) is 50.0 cm³/mol. The molecule has 1 atom stereocenters. The molecule has 0 unspecified atom stereocenters. The maximum Gasteiger partial charge on any atom is 0.228 e. The normalized spacial score (nSPS) is 20.2. The van der Waals surface area contributed by atoms with E-state index in [0.717, 1.165) is 11.3 Å². The molecule has 0 N–H and O–H groups in total. The number of rotatable bonds is 1. The molecule has 13 heavy (non-hydrogen) atoms. The van der Waals surface area contributed by atoms with E-state index >= 15 is 0 Å². The minimum absolute atomic E-state index is 0.184. The van der Waals surface area contributed by atoms with E-state index in [0.29, 0.717) is 13.0 Å². The molecule has 68 valence electrons. The zero-order valence-corrected chi connectivity index (χ0v) is 7.75. The molecule has 1 aromatic carbocycles. The van der Waals surface area contributed by atoms with Gasteiger partial charge in [0.05, 0.1) is 12.5 Å². The summed E-state index contributed by atoms with van der Waals surface area (Å²) in [5.41, 5.74) is 1.06. The molecule has 0 spiro atoms. The van der Waals surface area contributed by atoms with Gasteiger partial charge in [0, 0.05) is 0 Å². The number of benzene rings is 1. The minimum Gasteiger partial charge on any atom is -0.492 e. The highest BCUT2D eigenvalue weighted by molar-refractivity contribution is 6.64. The van der Waals surface area contributed by atoms with E-state index in [1.54, 1.807) is 0 Å². The van der Waals surface area contributed by atoms with E-state index in [1.807, 2.05) is 24.3 Å². The van der Waals surface area contributed by atoms with Crippen molar-refractivity contribution in [2.24, 2.45) is 5.92 Å². The van der Waals surface area contributed by atoms with Gasteiger partial charge in [-0.1, -0.05) is 18.2 Å². The lowest BCUT2D eigenvalue weighted by molar-refractivity contribution is -0.116. The molecule has 0 aliphatic carbocycles. The molecule has 1 aliphatic rings. The van der Waals surface area contributed by atoms with Crippen molar-refractivity contribution in [3.05, 3.63) is 29.8 Å². The Kier molecular flexibility index (Phi) is 2.23. The smallest absolute Gasteiger partial charge is 0.228 e. The summed E-state index contributed by atoms with van der Waals surface area (Å²) in [5.74, 6) is 0.688. The highest BCUT2D eigenvalue weighted by Crippen LogP contribution is 2.27. The molecular weight excluding hydrogens is 188 g/mol. The van der Waals surface area contributed by atoms with Crippen LogP contribution in [0.5, 0.6) is 5.75 Å². The first-order valence-corrected chi connectivity index (χ1v) is 4.55. The molecule has 1 aromatic rings. The lowest BCUT2D eigenvalue weighted by Crippen LogP contribution is -2.25. The summed E-state index contributed by atoms with van der Waals surface area (Å²) in [4.78, 5) is 10.9. The molecule has 0 aromatic heterocycles. The van der Waals surface area contributed by atoms with Crippen molar-refractivity contribution in [3.63, 3.8) is 0 Å². The molecule has 0 bridgehead atoms. The average Bonchev–Trinajstić information content (AvgIpc) is 2.17. The van der Waals surface area contributed by atoms with Crippen LogP contribution in [-0.4, -0.2) is 11.8 Å². The summed E-state index contributed by atoms with van der Waals surface area (Å²) < 4.78 is 5.39. The van der Waals surface area contributed by atoms with Crippen LogP contribution in [0.4, 0.5) is 0 Å². The van der Waals surface area contributed by atoms with E-state index in [9.17, 15) is 4.79 Å². The highest BCUT2D eigenvalue weighted by Gasteiger charge is 2.23. The maximum absolute atomic E-state index is 10.9. The van der Waals surface area contributed by atoms with Crippen LogP contribution < -0.4 is 4.74 Å². The van der Waals surface area contributed by atoms with Gasteiger partial charge in [0.2, 0.25) is 5.24 Å². The Bertz CT molecular complexity index is 335. The highest BCUT2D eigenvalue weighted by atomic mass is 35.5. The third-order valence-electron chi connectivity index (χ3n) is 2.20. The Morgan fingerprint density at radius 1 is 1.46 bits per heavy atom. The first-order valence-electron chi connectivity index (χ1n) is 4.17. The summed E-state index contributed by atoms with van der Waals surface area (Å²) in [6, 6.07) is 7.72. The number of halogens is 1. The van der Waals surface area contributed by atoms with Crippen molar-refractivity contribution < 1.29 is 9.53 Å². The van der Waals surface area contributed by atoms with Gasteiger partial charge in [-0.25, -0.2) is 0 Å². The molecular formula is C10H9ClO2. The molecule has 0 fully saturated rings. The topological polar surface area (TPSA) is 26.3 Å². The zero-order valence-electron chi connectivity index (χ0n) is 7.00. The monoisotopic (exact) mass is 196 g/mol. The molecule has 3 heteroatoms. The first kappa shape index (κ1) is 8.57. The van der Waals surface area contributed by atoms with Gasteiger partial charge in [0.25, 0.3) is 0 Å². The lowest BCUT2D eigenvalue weighted by Gasteiger charge is -2.22. The van der Waals surface area contributed by atoms with Crippen molar-refractivity contribution in [3.8, 4) is 5.75 Å². The fourth-order valence-electron chi connectivity index (χ4n) is 1.47. The van der Waals surface area contributed by atoms with Crippen molar-refractivity contribution >= 4 is 16.8 Å². The van der Waals surface area contributed by atoms with E-state index in [-0.39, 0.29) is 11.2 Å². The summed E-state index contributed by atoms with van der Waals surface area (Å²) in [5, 5.41) is -0.311. The predicted octanol–water partition coefficient (Wildman–Crippen LogP) is 2.00. The molecule has 2 nitrogen and oxygen atoms in total. The third-order valence-corrected chi connectivity index (χ3v) is 2.51. The van der Waals surface area contributed by atoms with Crippen molar-refractivity contribution in [1.29, 1.82) is 0 Å². The average molecular weight is 197 g/mol. The van der Waals surface area contributed by atoms with E-state index in [4.69, 9.17) is 16.3 Å². The summed E-state index contributed by atoms with van der Waals surface area (Å²) in [6.07, 6.45) is 0.693. The second-order valence-corrected chi connectivity index (χ2v) is 3.50. The van der Waals surface area contributed by atoms with Gasteiger partial charge in [-0.15, -0.1) is 0 Å². The van der Waals surface area contributed by atoms with Crippen molar-refractivity contribution in [2.45, 2.75) is 6.42 Å². The Balaban J connectivity index is 2.24. The molecule has 0 amide bonds. The Hall–Kier alpha value is -1.02. The molecule has 1 heterocycles. The van der Waals surface area contributed by atoms with Gasteiger partial charge in [-0.2, -0.15) is 0 Å². The van der Waals surface area contributed by atoms with Crippen LogP contribution in [-0.2, 0) is 11.2 Å². The third kappa shape index (κ3) is 1.68. The number of carbonyl (C=O) groups is 1. The number of hydrogen-bond donors (Lipinski definition) is 0. The zero-order chi connectivity index (χ0) is 9.26. The minimum atomic E-state index is -0.311. The van der Waals surface area contributed by atoms with Crippen LogP contribution in [0.15, 0.2) is 24.3 Å². The van der Waals surface area contributed by atoms with Crippen LogP contribution in [0, 0.1) is 5.92 Å². The maximum atomic E-state index is 10.9. The summed E-state index contributed by atoms with van der Waals surface area (Å²) in [7, 11) is 0. The number of carbonyl (C=O) groups excluding carboxylic acids is 1. The van der Waals surface area contributed by atoms with Crippen molar-refractivity contribution in [1.82, 2.24) is 0 Å². The van der Waals surface area contributed by atoms with Gasteiger partial charge in [-0.05, 0) is 29.7 Å². The van der Waals surface area contributed by atoms with Crippen LogP contribution in [0.2, 0.25) is 0 Å². The Morgan fingerprint density at radius 2 is 2.23 bits per heavy atom. The van der Waals surface area contributed by atoms with Crippen LogP contribution in [0.3, 0.4) is 0 Å². The van der Waals surface area contributed by atoms with Gasteiger partial charge >= 0.3 is 0 Å². The van der Waals surface area contributed by atoms with E-state index in [2.05, 4.69) is 0 Å². The molecule has 0 saturated carbocycles. The van der Waals surface area contributed by atoms with Crippen LogP contribution in [0.1, 0.15) is 5.56 Å². The fraction of sp³-hybridized carbons (Fsp3) is 0.300. The van der Waals surface area contributed by atoms with Crippen LogP contribution in [0.25, 0.3) is 0 Å². The summed E-state index contributed by atoms with van der Waals surface area (Å²) in [6.45, 7) is 0.402. The number of ether oxygens (including phenoxy) is 1. The molecule has 2 rings (SSSR count). The standard InChI is InChI=1S/C10H9ClO2/c11-10(12)8-5-7-3-1-2-4-9(7)13-6-8/h1-4,8H,5-6H2/t8-/m1/s1. The first-order chi connectivity index (χ1) is 6.27. The van der Waals surface area contributed by atoms with Gasteiger partial charge in [0.1, 0.15) is 5.75 Å². The van der Waals surface area contributed by atoms with Crippen LogP contribution >= 0.6 is 11.6 Å². The SMILES string of the molecule is O=C(Cl)[C@H]1COc2ccccc2C1. The number of para-hydroxylation sites is 1. The van der Waals surface area contributed by atoms with Crippen molar-refractivity contribution in [2.75, 3.05) is 6.61 Å². The molecule has 1 aliphatic heterocycles. The Labute approximate surface area is 81.5 Å². The molecule has 0 radical (unpaired) electrons. The number of hydrogen-bond acceptors (Lipinski definition) is 2. The fourth-order valence-corrected chi connectivity index (χ4v) is 1.61. The van der Waals surface area contributed by atoms with E-state index < -0.39 is 0 Å². The van der Waals surface area contributed by atoms with Gasteiger partial charge in [-0.3, -0.25) is 4.79 Å². The summed E-state index contributed by atoms with van der Waals surface area (Å²) >= 11 is 5.40. The van der Waals surface area contributed by atoms with Gasteiger partial charge < -0.3 is 4.74 Å². The largest absolute Gasteiger partial charge is 0.492 e. The second kappa shape index (κ2) is 3.38. The Morgan fingerprint density at radius 3 is 3.00 bits per heavy atom. The lowest BCUT2D eigenvalue weighted by atomic mass is 9.98. The number of fused-ring (bicyclic) bond motifs is 1. The molecule has 0 saturated heterocycles. The van der Waals surface area contributed by atoms with E-state index in [1.165, 1.54) is 0 Å².